The molecule has 0 spiro atoms. The molecule has 7 heteroatoms. The predicted molar refractivity (Wildman–Crippen MR) is 99.0 cm³/mol. The number of hydrogen-bond donors (Lipinski definition) is 2. The van der Waals surface area contributed by atoms with Crippen LogP contribution in [0.1, 0.15) is 0 Å². The fraction of sp³-hybridized carbons (Fsp3) is 0.200. The summed E-state index contributed by atoms with van der Waals surface area (Å²) < 4.78 is 11.2. The first-order valence-corrected chi connectivity index (χ1v) is 8.80. The number of ether oxygens (including phenoxy) is 2. The van der Waals surface area contributed by atoms with Crippen molar-refractivity contribution in [1.29, 1.82) is 0 Å². The van der Waals surface area contributed by atoms with Gasteiger partial charge in [0.05, 0.1) is 18.1 Å². The van der Waals surface area contributed by atoms with Gasteiger partial charge in [-0.25, -0.2) is 0 Å². The highest BCUT2D eigenvalue weighted by molar-refractivity contribution is 6.30. The molecular formula is C20H16ClNO5. The zero-order valence-electron chi connectivity index (χ0n) is 14.0. The minimum Gasteiger partial charge on any atom is -0.481 e. The number of carboxylic acids is 1. The van der Waals surface area contributed by atoms with Crippen LogP contribution in [0.15, 0.2) is 60.7 Å². The van der Waals surface area contributed by atoms with E-state index in [-0.39, 0.29) is 5.91 Å². The van der Waals surface area contributed by atoms with Crippen molar-refractivity contribution >= 4 is 29.2 Å². The van der Waals surface area contributed by atoms with Crippen LogP contribution in [0.25, 0.3) is 0 Å². The smallest absolute Gasteiger partial charge is 0.310 e. The summed E-state index contributed by atoms with van der Waals surface area (Å²) in [5.74, 6) is -1.77. The average Bonchev–Trinajstić information content (AvgIpc) is 3.26. The molecule has 4 atom stereocenters. The van der Waals surface area contributed by atoms with Crippen molar-refractivity contribution in [2.75, 3.05) is 5.32 Å². The van der Waals surface area contributed by atoms with Crippen molar-refractivity contribution in [3.63, 3.8) is 0 Å². The van der Waals surface area contributed by atoms with Crippen LogP contribution < -0.4 is 10.1 Å². The minimum atomic E-state index is -1.03. The molecule has 2 aromatic rings. The lowest BCUT2D eigenvalue weighted by Crippen LogP contribution is -2.39. The minimum absolute atomic E-state index is 0.370. The van der Waals surface area contributed by atoms with Gasteiger partial charge in [0, 0.05) is 10.7 Å². The number of benzene rings is 2. The second kappa shape index (κ2) is 7.06. The second-order valence-corrected chi connectivity index (χ2v) is 6.85. The summed E-state index contributed by atoms with van der Waals surface area (Å²) in [6.45, 7) is 0. The highest BCUT2D eigenvalue weighted by Crippen LogP contribution is 2.40. The molecule has 0 aliphatic carbocycles. The molecule has 4 rings (SSSR count). The summed E-state index contributed by atoms with van der Waals surface area (Å²) in [5, 5.41) is 12.8. The number of nitrogens with one attached hydrogen (secondary N) is 1. The van der Waals surface area contributed by atoms with Gasteiger partial charge < -0.3 is 19.9 Å². The zero-order chi connectivity index (χ0) is 19.0. The van der Waals surface area contributed by atoms with Crippen LogP contribution in [0.5, 0.6) is 11.5 Å². The monoisotopic (exact) mass is 385 g/mol. The van der Waals surface area contributed by atoms with E-state index in [4.69, 9.17) is 21.1 Å². The highest BCUT2D eigenvalue weighted by Gasteiger charge is 2.53. The third-order valence-corrected chi connectivity index (χ3v) is 4.91. The molecule has 0 aromatic heterocycles. The van der Waals surface area contributed by atoms with Crippen molar-refractivity contribution in [3.05, 3.63) is 65.7 Å². The van der Waals surface area contributed by atoms with Crippen LogP contribution >= 0.6 is 11.6 Å². The fourth-order valence-electron chi connectivity index (χ4n) is 3.39. The molecule has 0 saturated carbocycles. The van der Waals surface area contributed by atoms with Gasteiger partial charge >= 0.3 is 5.97 Å². The Hall–Kier alpha value is -2.83. The van der Waals surface area contributed by atoms with E-state index in [1.165, 1.54) is 0 Å². The topological polar surface area (TPSA) is 84.9 Å². The number of carbonyl (C=O) groups excluding carboxylic acids is 1. The molecule has 0 unspecified atom stereocenters. The van der Waals surface area contributed by atoms with Crippen LogP contribution in [0.3, 0.4) is 0 Å². The molecule has 2 N–H and O–H groups in total. The number of halogens is 1. The first-order valence-electron chi connectivity index (χ1n) is 8.42. The Kier molecular flexibility index (Phi) is 4.59. The maximum atomic E-state index is 12.6. The predicted octanol–water partition coefficient (Wildman–Crippen LogP) is 3.73. The standard InChI is InChI=1S/C20H16ClNO5/c21-11-1-5-13(6-2-11)26-14-7-3-12(4-8-14)22-19(23)17-15-9-10-16(27-15)18(17)20(24)25/h1-10,15-18H,(H,22,23)(H,24,25)/t15-,16-,17+,18-/m1/s1. The molecule has 27 heavy (non-hydrogen) atoms. The number of amides is 1. The Labute approximate surface area is 160 Å². The number of carbonyl (C=O) groups is 2. The van der Waals surface area contributed by atoms with Crippen LogP contribution in [0.4, 0.5) is 5.69 Å². The summed E-state index contributed by atoms with van der Waals surface area (Å²) in [6.07, 6.45) is 2.41. The molecule has 6 nitrogen and oxygen atoms in total. The molecule has 0 radical (unpaired) electrons. The fourth-order valence-corrected chi connectivity index (χ4v) is 3.51. The molecule has 138 valence electrons. The molecule has 2 bridgehead atoms. The number of hydrogen-bond acceptors (Lipinski definition) is 4. The quantitative estimate of drug-likeness (QED) is 0.766. The van der Waals surface area contributed by atoms with Crippen molar-refractivity contribution in [3.8, 4) is 11.5 Å². The van der Waals surface area contributed by atoms with Crippen LogP contribution in [0, 0.1) is 11.8 Å². The Morgan fingerprint density at radius 1 is 0.926 bits per heavy atom. The summed E-state index contributed by atoms with van der Waals surface area (Å²) in [6, 6.07) is 13.8. The van der Waals surface area contributed by atoms with E-state index < -0.39 is 30.0 Å². The number of aliphatic carboxylic acids is 1. The average molecular weight is 386 g/mol. The molecule has 1 amide bonds. The van der Waals surface area contributed by atoms with Gasteiger partial charge in [0.1, 0.15) is 17.4 Å². The van der Waals surface area contributed by atoms with E-state index in [9.17, 15) is 14.7 Å². The SMILES string of the molecule is O=C(Nc1ccc(Oc2ccc(Cl)cc2)cc1)[C@@H]1[C@H](C(=O)O)[C@H]2C=C[C@H]1O2. The third-order valence-electron chi connectivity index (χ3n) is 4.66. The maximum Gasteiger partial charge on any atom is 0.310 e. The van der Waals surface area contributed by atoms with E-state index in [0.717, 1.165) is 0 Å². The van der Waals surface area contributed by atoms with Crippen molar-refractivity contribution in [2.45, 2.75) is 12.2 Å². The number of rotatable bonds is 5. The second-order valence-electron chi connectivity index (χ2n) is 6.41. The molecule has 2 aliphatic heterocycles. The van der Waals surface area contributed by atoms with Gasteiger partial charge in [0.2, 0.25) is 5.91 Å². The van der Waals surface area contributed by atoms with Gasteiger partial charge in [-0.15, -0.1) is 0 Å². The zero-order valence-corrected chi connectivity index (χ0v) is 14.8. The molecule has 2 aliphatic rings. The molecular weight excluding hydrogens is 370 g/mol. The summed E-state index contributed by atoms with van der Waals surface area (Å²) in [7, 11) is 0. The first-order chi connectivity index (χ1) is 13.0. The van der Waals surface area contributed by atoms with Crippen molar-refractivity contribution in [2.24, 2.45) is 11.8 Å². The van der Waals surface area contributed by atoms with Crippen LogP contribution in [-0.4, -0.2) is 29.2 Å². The Morgan fingerprint density at radius 2 is 1.48 bits per heavy atom. The van der Waals surface area contributed by atoms with Gasteiger partial charge in [-0.1, -0.05) is 23.8 Å². The third kappa shape index (κ3) is 3.54. The lowest BCUT2D eigenvalue weighted by Gasteiger charge is -2.21. The number of fused-ring (bicyclic) bond motifs is 2. The van der Waals surface area contributed by atoms with Crippen LogP contribution in [0.2, 0.25) is 5.02 Å². The Bertz CT molecular complexity index is 894. The van der Waals surface area contributed by atoms with E-state index in [2.05, 4.69) is 5.32 Å². The van der Waals surface area contributed by atoms with E-state index in [1.54, 1.807) is 60.7 Å². The number of carboxylic acid groups (broad SMARTS) is 1. The Morgan fingerprint density at radius 3 is 2.07 bits per heavy atom. The first kappa shape index (κ1) is 17.6. The van der Waals surface area contributed by atoms with Crippen molar-refractivity contribution in [1.82, 2.24) is 0 Å². The van der Waals surface area contributed by atoms with E-state index in [0.29, 0.717) is 22.2 Å². The molecule has 2 heterocycles. The summed E-state index contributed by atoms with van der Waals surface area (Å²) in [5.41, 5.74) is 0.555. The normalized spacial score (nSPS) is 25.4. The van der Waals surface area contributed by atoms with Gasteiger partial charge in [0.25, 0.3) is 0 Å². The van der Waals surface area contributed by atoms with Gasteiger partial charge in [-0.3, -0.25) is 9.59 Å². The molecule has 1 saturated heterocycles. The molecule has 1 fully saturated rings. The Balaban J connectivity index is 1.42. The highest BCUT2D eigenvalue weighted by atomic mass is 35.5. The van der Waals surface area contributed by atoms with Crippen LogP contribution in [-0.2, 0) is 14.3 Å². The van der Waals surface area contributed by atoms with Gasteiger partial charge in [0.15, 0.2) is 0 Å². The lowest BCUT2D eigenvalue weighted by atomic mass is 9.82. The van der Waals surface area contributed by atoms with Gasteiger partial charge in [-0.2, -0.15) is 0 Å². The van der Waals surface area contributed by atoms with Gasteiger partial charge in [-0.05, 0) is 48.5 Å². The maximum absolute atomic E-state index is 12.6. The molecule has 2 aromatic carbocycles. The summed E-state index contributed by atoms with van der Waals surface area (Å²) >= 11 is 5.85. The summed E-state index contributed by atoms with van der Waals surface area (Å²) in [4.78, 5) is 24.1. The number of anilines is 1. The van der Waals surface area contributed by atoms with E-state index in [1.807, 2.05) is 0 Å². The van der Waals surface area contributed by atoms with Crippen molar-refractivity contribution < 1.29 is 24.2 Å². The largest absolute Gasteiger partial charge is 0.481 e. The van der Waals surface area contributed by atoms with E-state index >= 15 is 0 Å². The lowest BCUT2D eigenvalue weighted by molar-refractivity contribution is -0.145.